The van der Waals surface area contributed by atoms with Crippen LogP contribution in [0.3, 0.4) is 0 Å². The summed E-state index contributed by atoms with van der Waals surface area (Å²) >= 11 is 4.61. The summed E-state index contributed by atoms with van der Waals surface area (Å²) in [5, 5.41) is 20.9. The Bertz CT molecular complexity index is 1290. The third-order valence-electron chi connectivity index (χ3n) is 6.97. The van der Waals surface area contributed by atoms with Crippen LogP contribution >= 0.6 is 11.6 Å². The minimum absolute atomic E-state index is 0.0488. The van der Waals surface area contributed by atoms with Crippen molar-refractivity contribution in [2.75, 3.05) is 33.1 Å². The van der Waals surface area contributed by atoms with E-state index in [1.54, 1.807) is 0 Å². The predicted molar refractivity (Wildman–Crippen MR) is 144 cm³/mol. The molecule has 0 bridgehead atoms. The van der Waals surface area contributed by atoms with Crippen LogP contribution in [0.5, 0.6) is 0 Å². The molecule has 1 amide bonds. The molecule has 4 aromatic carbocycles. The second-order valence-electron chi connectivity index (χ2n) is 8.97. The highest BCUT2D eigenvalue weighted by Crippen LogP contribution is 2.36. The van der Waals surface area contributed by atoms with Gasteiger partial charge >= 0.3 is 0 Å². The molecule has 0 aromatic heterocycles. The summed E-state index contributed by atoms with van der Waals surface area (Å²) in [6.45, 7) is 1.61. The molecule has 5 rings (SSSR count). The van der Waals surface area contributed by atoms with Gasteiger partial charge in [-0.2, -0.15) is 0 Å². The van der Waals surface area contributed by atoms with Crippen molar-refractivity contribution in [3.63, 3.8) is 0 Å². The molecule has 0 spiro atoms. The topological polar surface area (TPSA) is 60.8 Å². The number of benzene rings is 4. The Morgan fingerprint density at radius 2 is 1.65 bits per heavy atom. The number of rotatable bonds is 5. The van der Waals surface area contributed by atoms with E-state index in [0.29, 0.717) is 19.5 Å². The van der Waals surface area contributed by atoms with Gasteiger partial charge in [-0.3, -0.25) is 4.79 Å². The van der Waals surface area contributed by atoms with Gasteiger partial charge in [-0.05, 0) is 69.0 Å². The lowest BCUT2D eigenvalue weighted by Crippen LogP contribution is -2.43. The van der Waals surface area contributed by atoms with Gasteiger partial charge in [0.1, 0.15) is 0 Å². The molecule has 0 atom stereocenters. The Morgan fingerprint density at radius 3 is 2.26 bits per heavy atom. The lowest BCUT2D eigenvalue weighted by molar-refractivity contribution is -0.133. The van der Waals surface area contributed by atoms with E-state index in [0.717, 1.165) is 25.7 Å². The van der Waals surface area contributed by atoms with Crippen molar-refractivity contribution in [1.82, 2.24) is 4.90 Å². The number of carbonyl (C=O) groups is 1. The molecule has 0 saturated carbocycles. The summed E-state index contributed by atoms with van der Waals surface area (Å²) in [5.74, 6) is 0.203. The van der Waals surface area contributed by atoms with Crippen LogP contribution in [0.25, 0.3) is 32.3 Å². The molecule has 2 N–H and O–H groups in total. The smallest absolute Gasteiger partial charge is 0.222 e. The number of hydrogen-bond acceptors (Lipinski definition) is 3. The largest absolute Gasteiger partial charge is 0.400 e. The maximum Gasteiger partial charge on any atom is 0.222 e. The third kappa shape index (κ3) is 5.30. The second-order valence-corrected chi connectivity index (χ2v) is 8.97. The first-order valence-corrected chi connectivity index (χ1v) is 12.0. The van der Waals surface area contributed by atoms with Crippen LogP contribution in [0, 0.1) is 5.41 Å². The molecular formula is C29H36ClNO3. The molecule has 1 aliphatic heterocycles. The zero-order valence-corrected chi connectivity index (χ0v) is 20.5. The highest BCUT2D eigenvalue weighted by molar-refractivity contribution is 6.23. The first kappa shape index (κ1) is 20.9. The maximum absolute atomic E-state index is 12.7. The fourth-order valence-electron chi connectivity index (χ4n) is 4.99. The van der Waals surface area contributed by atoms with Gasteiger partial charge in [0, 0.05) is 43.7 Å². The number of carbonyl (C=O) groups excluding carboxylic acids is 1. The lowest BCUT2D eigenvalue weighted by atomic mass is 9.81. The quantitative estimate of drug-likeness (QED) is 0.267. The van der Waals surface area contributed by atoms with Gasteiger partial charge in [-0.15, -0.1) is 11.6 Å². The summed E-state index contributed by atoms with van der Waals surface area (Å²) in [7, 11) is 1.29. The van der Waals surface area contributed by atoms with Crippen molar-refractivity contribution >= 4 is 49.8 Å². The van der Waals surface area contributed by atoms with Crippen LogP contribution in [-0.4, -0.2) is 55.6 Å². The Morgan fingerprint density at radius 1 is 1.06 bits per heavy atom. The van der Waals surface area contributed by atoms with Gasteiger partial charge in [-0.25, -0.2) is 0 Å². The third-order valence-corrected chi connectivity index (χ3v) is 6.97. The van der Waals surface area contributed by atoms with E-state index in [2.05, 4.69) is 71.3 Å². The number of halogens is 1. The van der Waals surface area contributed by atoms with E-state index in [1.807, 2.05) is 4.90 Å². The average molecular weight is 490 g/mol. The summed E-state index contributed by atoms with van der Waals surface area (Å²) in [6.07, 6.45) is 2.54. The average Bonchev–Trinajstić information content (AvgIpc) is 2.92. The van der Waals surface area contributed by atoms with E-state index in [1.165, 1.54) is 45.0 Å². The number of piperidine rings is 1. The molecule has 0 aliphatic carbocycles. The number of nitrogens with zero attached hydrogens (tertiary/aromatic N) is 1. The number of alkyl halides is 1. The summed E-state index contributed by atoms with van der Waals surface area (Å²) < 4.78 is 25.4. The normalized spacial score (nSPS) is 16.8. The lowest BCUT2D eigenvalue weighted by Gasteiger charge is -2.38. The van der Waals surface area contributed by atoms with Gasteiger partial charge in [0.2, 0.25) is 7.34 Å². The van der Waals surface area contributed by atoms with Gasteiger partial charge < -0.3 is 15.1 Å². The molecule has 1 heterocycles. The number of aliphatic hydroxyl groups is 2. The fraction of sp³-hybridized carbons (Fsp3) is 0.414. The van der Waals surface area contributed by atoms with E-state index < -0.39 is 6.34 Å². The fourth-order valence-corrected chi connectivity index (χ4v) is 4.99. The highest BCUT2D eigenvalue weighted by atomic mass is 35.5. The van der Waals surface area contributed by atoms with Gasteiger partial charge in [0.05, 0.1) is 0 Å². The summed E-state index contributed by atoms with van der Waals surface area (Å²) in [5.41, 5.74) is 1.00. The molecule has 0 unspecified atom stereocenters. The zero-order chi connectivity index (χ0) is 27.7. The van der Waals surface area contributed by atoms with E-state index in [9.17, 15) is 9.90 Å². The molecule has 4 aromatic rings. The van der Waals surface area contributed by atoms with Crippen molar-refractivity contribution in [2.45, 2.75) is 39.0 Å². The monoisotopic (exact) mass is 489 g/mol. The molecule has 1 saturated heterocycles. The number of hydrogen-bond donors (Lipinski definition) is 2. The van der Waals surface area contributed by atoms with Crippen LogP contribution in [0.15, 0.2) is 54.6 Å². The van der Waals surface area contributed by atoms with Crippen LogP contribution in [-0.2, 0) is 11.2 Å². The van der Waals surface area contributed by atoms with Crippen molar-refractivity contribution < 1.29 is 19.1 Å². The molecule has 5 heteroatoms. The van der Waals surface area contributed by atoms with E-state index in [4.69, 9.17) is 5.54 Å². The molecular weight excluding hydrogens is 446 g/mol. The molecule has 34 heavy (non-hydrogen) atoms. The summed E-state index contributed by atoms with van der Waals surface area (Å²) in [6, 6.07) is 19.8. The first-order valence-electron chi connectivity index (χ1n) is 13.9. The van der Waals surface area contributed by atoms with E-state index >= 15 is 0 Å². The minimum Gasteiger partial charge on any atom is -0.400 e. The molecule has 182 valence electrons. The SMILES string of the molecule is [3H]C([3H])Cl.[3H]CC1(CO)CCN(C(=O)CCCc2ccc3ccc4cccc5ccc2c3c45)CC1.[3H]OC. The van der Waals surface area contributed by atoms with Crippen LogP contribution in [0.4, 0.5) is 0 Å². The zero-order valence-electron chi connectivity index (χ0n) is 23.7. The van der Waals surface area contributed by atoms with Gasteiger partial charge in [0.25, 0.3) is 0 Å². The highest BCUT2D eigenvalue weighted by Gasteiger charge is 2.30. The minimum atomic E-state index is -1.19. The van der Waals surface area contributed by atoms with Crippen LogP contribution in [0.1, 0.15) is 42.3 Å². The summed E-state index contributed by atoms with van der Waals surface area (Å²) in [4.78, 5) is 14.7. The number of aryl methyl sites for hydroxylation is 1. The second kappa shape index (κ2) is 11.8. The predicted octanol–water partition coefficient (Wildman–Crippen LogP) is 5.99. The van der Waals surface area contributed by atoms with Crippen LogP contribution in [0.2, 0.25) is 0 Å². The Balaban J connectivity index is 0.000000515. The van der Waals surface area contributed by atoms with Crippen molar-refractivity contribution in [3.05, 3.63) is 60.2 Å². The van der Waals surface area contributed by atoms with Gasteiger partial charge in [0.15, 0.2) is 0 Å². The van der Waals surface area contributed by atoms with Crippen molar-refractivity contribution in [3.8, 4) is 0 Å². The standard InChI is InChI=1S/C27H29NO2.CH3Cl.CH4O/c1-27(18-29)14-16-28(17-15-27)24(30)7-3-4-19-8-9-22-11-10-20-5-2-6-21-12-13-23(19)26(22)25(20)21;2*1-2/h2,5-6,8-13,29H,3-4,7,14-18H2,1H3;1H3;2H,1H3/i1T;1T2;2T. The van der Waals surface area contributed by atoms with Gasteiger partial charge in [-0.1, -0.05) is 61.5 Å². The van der Waals surface area contributed by atoms with Crippen molar-refractivity contribution in [2.24, 2.45) is 5.41 Å². The van der Waals surface area contributed by atoms with Crippen LogP contribution < -0.4 is 0 Å². The number of amides is 1. The number of likely N-dealkylation sites (tertiary alicyclic amines) is 1. The maximum atomic E-state index is 12.7. The van der Waals surface area contributed by atoms with Crippen molar-refractivity contribution in [1.29, 1.82) is 1.43 Å². The molecule has 0 radical (unpaired) electrons. The molecule has 1 aliphatic rings. The van der Waals surface area contributed by atoms with E-state index in [-0.39, 0.29) is 24.8 Å². The molecule has 4 nitrogen and oxygen atoms in total. The Kier molecular flexibility index (Phi) is 7.28. The Labute approximate surface area is 213 Å². The molecule has 1 fully saturated rings. The first-order chi connectivity index (χ1) is 18.3. The number of aliphatic hydroxyl groups excluding tert-OH is 2. The Hall–Kier alpha value is -2.40.